The molecule has 0 aromatic carbocycles. The molecule has 0 fully saturated rings. The number of aromatic nitrogens is 1. The lowest BCUT2D eigenvalue weighted by Gasteiger charge is -1.99. The Morgan fingerprint density at radius 1 is 1.57 bits per heavy atom. The molecule has 1 aromatic rings. The molecule has 0 amide bonds. The van der Waals surface area contributed by atoms with Gasteiger partial charge in [-0.3, -0.25) is 0 Å². The summed E-state index contributed by atoms with van der Waals surface area (Å²) in [6.07, 6.45) is 1.91. The van der Waals surface area contributed by atoms with Crippen molar-refractivity contribution < 1.29 is 9.53 Å². The first-order chi connectivity index (χ1) is 6.69. The number of aromatic amines is 1. The smallest absolute Gasteiger partial charge is 0.356 e. The zero-order valence-electron chi connectivity index (χ0n) is 8.59. The van der Waals surface area contributed by atoms with Gasteiger partial charge in [0.25, 0.3) is 0 Å². The SMILES string of the molecule is CCCc1cc(N)c(C(=O)OCC)[nH]1. The summed E-state index contributed by atoms with van der Waals surface area (Å²) in [6, 6.07) is 1.79. The zero-order chi connectivity index (χ0) is 10.6. The summed E-state index contributed by atoms with van der Waals surface area (Å²) in [5.74, 6) is -0.382. The first-order valence-electron chi connectivity index (χ1n) is 4.83. The Morgan fingerprint density at radius 2 is 2.29 bits per heavy atom. The van der Waals surface area contributed by atoms with Crippen LogP contribution in [0.5, 0.6) is 0 Å². The zero-order valence-corrected chi connectivity index (χ0v) is 8.59. The van der Waals surface area contributed by atoms with Gasteiger partial charge in [-0.2, -0.15) is 0 Å². The van der Waals surface area contributed by atoms with Crippen LogP contribution in [-0.4, -0.2) is 17.6 Å². The third-order valence-corrected chi connectivity index (χ3v) is 1.90. The first-order valence-corrected chi connectivity index (χ1v) is 4.83. The third kappa shape index (κ3) is 2.28. The van der Waals surface area contributed by atoms with Crippen LogP contribution in [0.2, 0.25) is 0 Å². The molecule has 0 aliphatic rings. The molecule has 0 saturated carbocycles. The van der Waals surface area contributed by atoms with Crippen molar-refractivity contribution in [1.29, 1.82) is 0 Å². The van der Waals surface area contributed by atoms with Crippen LogP contribution in [0.3, 0.4) is 0 Å². The summed E-state index contributed by atoms with van der Waals surface area (Å²) < 4.78 is 4.85. The van der Waals surface area contributed by atoms with E-state index < -0.39 is 0 Å². The highest BCUT2D eigenvalue weighted by atomic mass is 16.5. The number of carbonyl (C=O) groups is 1. The summed E-state index contributed by atoms with van der Waals surface area (Å²) in [6.45, 7) is 4.20. The number of nitrogens with two attached hydrogens (primary N) is 1. The molecular formula is C10H16N2O2. The molecule has 78 valence electrons. The Kier molecular flexibility index (Phi) is 3.56. The second-order valence-corrected chi connectivity index (χ2v) is 3.10. The predicted octanol–water partition coefficient (Wildman–Crippen LogP) is 1.73. The van der Waals surface area contributed by atoms with Gasteiger partial charge in [0.05, 0.1) is 12.3 Å². The first kappa shape index (κ1) is 10.6. The number of ether oxygens (including phenoxy) is 1. The highest BCUT2D eigenvalue weighted by molar-refractivity contribution is 5.93. The molecule has 0 atom stereocenters. The van der Waals surface area contributed by atoms with Crippen LogP contribution in [0, 0.1) is 0 Å². The van der Waals surface area contributed by atoms with Gasteiger partial charge in [0.1, 0.15) is 5.69 Å². The molecule has 0 aliphatic carbocycles. The van der Waals surface area contributed by atoms with Gasteiger partial charge in [-0.05, 0) is 19.4 Å². The molecule has 0 saturated heterocycles. The highest BCUT2D eigenvalue weighted by Crippen LogP contribution is 2.15. The van der Waals surface area contributed by atoms with Crippen molar-refractivity contribution in [2.24, 2.45) is 0 Å². The molecule has 1 rings (SSSR count). The number of anilines is 1. The van der Waals surface area contributed by atoms with Crippen molar-refractivity contribution >= 4 is 11.7 Å². The largest absolute Gasteiger partial charge is 0.461 e. The fraction of sp³-hybridized carbons (Fsp3) is 0.500. The molecule has 4 heteroatoms. The van der Waals surface area contributed by atoms with Gasteiger partial charge in [-0.1, -0.05) is 13.3 Å². The van der Waals surface area contributed by atoms with Crippen molar-refractivity contribution in [2.45, 2.75) is 26.7 Å². The van der Waals surface area contributed by atoms with E-state index in [1.165, 1.54) is 0 Å². The number of nitrogens with one attached hydrogen (secondary N) is 1. The van der Waals surface area contributed by atoms with Crippen LogP contribution in [0.15, 0.2) is 6.07 Å². The number of hydrogen-bond acceptors (Lipinski definition) is 3. The number of aryl methyl sites for hydroxylation is 1. The molecule has 0 unspecified atom stereocenters. The maximum atomic E-state index is 11.3. The average molecular weight is 196 g/mol. The molecule has 0 aliphatic heterocycles. The normalized spacial score (nSPS) is 10.1. The standard InChI is InChI=1S/C10H16N2O2/c1-3-5-7-6-8(11)9(12-7)10(13)14-4-2/h6,12H,3-5,11H2,1-2H3. The van der Waals surface area contributed by atoms with E-state index >= 15 is 0 Å². The van der Waals surface area contributed by atoms with Gasteiger partial charge < -0.3 is 15.5 Å². The quantitative estimate of drug-likeness (QED) is 0.720. The van der Waals surface area contributed by atoms with Gasteiger partial charge >= 0.3 is 5.97 Å². The summed E-state index contributed by atoms with van der Waals surface area (Å²) in [5, 5.41) is 0. The number of hydrogen-bond donors (Lipinski definition) is 2. The van der Waals surface area contributed by atoms with Crippen molar-refractivity contribution in [2.75, 3.05) is 12.3 Å². The van der Waals surface area contributed by atoms with Crippen LogP contribution in [0.25, 0.3) is 0 Å². The molecule has 14 heavy (non-hydrogen) atoms. The van der Waals surface area contributed by atoms with Crippen LogP contribution in [-0.2, 0) is 11.2 Å². The summed E-state index contributed by atoms with van der Waals surface area (Å²) in [7, 11) is 0. The van der Waals surface area contributed by atoms with Gasteiger partial charge in [0, 0.05) is 5.69 Å². The summed E-state index contributed by atoms with van der Waals surface area (Å²) >= 11 is 0. The minimum absolute atomic E-state index is 0.362. The lowest BCUT2D eigenvalue weighted by molar-refractivity contribution is 0.0521. The summed E-state index contributed by atoms with van der Waals surface area (Å²) in [5.41, 5.74) is 7.49. The molecule has 1 heterocycles. The summed E-state index contributed by atoms with van der Waals surface area (Å²) in [4.78, 5) is 14.3. The van der Waals surface area contributed by atoms with E-state index in [9.17, 15) is 4.79 Å². The maximum absolute atomic E-state index is 11.3. The topological polar surface area (TPSA) is 68.1 Å². The molecule has 3 N–H and O–H groups in total. The molecule has 4 nitrogen and oxygen atoms in total. The number of nitrogen functional groups attached to an aromatic ring is 1. The molecule has 0 spiro atoms. The Labute approximate surface area is 83.4 Å². The fourth-order valence-electron chi connectivity index (χ4n) is 1.30. The van der Waals surface area contributed by atoms with Gasteiger partial charge in [-0.25, -0.2) is 4.79 Å². The van der Waals surface area contributed by atoms with Gasteiger partial charge in [0.15, 0.2) is 0 Å². The molecule has 0 radical (unpaired) electrons. The predicted molar refractivity (Wildman–Crippen MR) is 55.2 cm³/mol. The highest BCUT2D eigenvalue weighted by Gasteiger charge is 2.13. The van der Waals surface area contributed by atoms with E-state index in [1.807, 2.05) is 0 Å². The van der Waals surface area contributed by atoms with Gasteiger partial charge in [-0.15, -0.1) is 0 Å². The molecule has 1 aromatic heterocycles. The van der Waals surface area contributed by atoms with Crippen LogP contribution < -0.4 is 5.73 Å². The number of H-pyrrole nitrogens is 1. The van der Waals surface area contributed by atoms with Crippen molar-refractivity contribution in [3.63, 3.8) is 0 Å². The Morgan fingerprint density at radius 3 is 2.86 bits per heavy atom. The van der Waals surface area contributed by atoms with Crippen LogP contribution in [0.4, 0.5) is 5.69 Å². The average Bonchev–Trinajstić information content (AvgIpc) is 2.48. The number of esters is 1. The van der Waals surface area contributed by atoms with Crippen LogP contribution in [0.1, 0.15) is 36.5 Å². The van der Waals surface area contributed by atoms with E-state index in [1.54, 1.807) is 13.0 Å². The molecule has 0 bridgehead atoms. The van der Waals surface area contributed by atoms with E-state index in [4.69, 9.17) is 10.5 Å². The van der Waals surface area contributed by atoms with Crippen molar-refractivity contribution in [1.82, 2.24) is 4.98 Å². The van der Waals surface area contributed by atoms with Crippen LogP contribution >= 0.6 is 0 Å². The van der Waals surface area contributed by atoms with Crippen molar-refractivity contribution in [3.8, 4) is 0 Å². The molecular weight excluding hydrogens is 180 g/mol. The van der Waals surface area contributed by atoms with E-state index in [2.05, 4.69) is 11.9 Å². The Hall–Kier alpha value is -1.45. The lowest BCUT2D eigenvalue weighted by Crippen LogP contribution is -2.07. The second kappa shape index (κ2) is 4.69. The van der Waals surface area contributed by atoms with E-state index in [0.29, 0.717) is 18.0 Å². The maximum Gasteiger partial charge on any atom is 0.356 e. The third-order valence-electron chi connectivity index (χ3n) is 1.90. The van der Waals surface area contributed by atoms with Crippen molar-refractivity contribution in [3.05, 3.63) is 17.5 Å². The minimum atomic E-state index is -0.382. The lowest BCUT2D eigenvalue weighted by atomic mass is 10.2. The number of carbonyl (C=O) groups excluding carboxylic acids is 1. The second-order valence-electron chi connectivity index (χ2n) is 3.10. The Bertz CT molecular complexity index is 318. The minimum Gasteiger partial charge on any atom is -0.461 e. The fourth-order valence-corrected chi connectivity index (χ4v) is 1.30. The van der Waals surface area contributed by atoms with E-state index in [0.717, 1.165) is 18.5 Å². The van der Waals surface area contributed by atoms with E-state index in [-0.39, 0.29) is 5.97 Å². The van der Waals surface area contributed by atoms with Gasteiger partial charge in [0.2, 0.25) is 0 Å². The Balaban J connectivity index is 2.81. The number of rotatable bonds is 4. The monoisotopic (exact) mass is 196 g/mol.